The molecular formula is C15H24N2O4S. The van der Waals surface area contributed by atoms with E-state index < -0.39 is 10.0 Å². The topological polar surface area (TPSA) is 75.7 Å². The minimum absolute atomic E-state index is 0.101. The van der Waals surface area contributed by atoms with Crippen LogP contribution in [0.1, 0.15) is 17.5 Å². The molecule has 0 aliphatic carbocycles. The third-order valence-corrected chi connectivity index (χ3v) is 4.41. The molecule has 1 N–H and O–H groups in total. The molecule has 0 aliphatic heterocycles. The maximum absolute atomic E-state index is 12.0. The number of methoxy groups -OCH3 is 1. The van der Waals surface area contributed by atoms with Crippen molar-refractivity contribution in [3.63, 3.8) is 0 Å². The van der Waals surface area contributed by atoms with Gasteiger partial charge in [0, 0.05) is 32.3 Å². The summed E-state index contributed by atoms with van der Waals surface area (Å²) < 4.78 is 29.4. The normalized spacial score (nSPS) is 11.7. The zero-order valence-electron chi connectivity index (χ0n) is 13.5. The van der Waals surface area contributed by atoms with Crippen LogP contribution >= 0.6 is 0 Å². The average molecular weight is 328 g/mol. The van der Waals surface area contributed by atoms with Gasteiger partial charge >= 0.3 is 0 Å². The summed E-state index contributed by atoms with van der Waals surface area (Å²) in [6.07, 6.45) is 1.23. The summed E-state index contributed by atoms with van der Waals surface area (Å²) in [5.74, 6) is -0.212. The lowest BCUT2D eigenvalue weighted by atomic mass is 10.1. The molecule has 6 nitrogen and oxygen atoms in total. The van der Waals surface area contributed by atoms with Gasteiger partial charge in [-0.1, -0.05) is 6.07 Å². The maximum Gasteiger partial charge on any atom is 0.225 e. The van der Waals surface area contributed by atoms with E-state index in [1.54, 1.807) is 0 Å². The highest BCUT2D eigenvalue weighted by Gasteiger charge is 2.17. The van der Waals surface area contributed by atoms with E-state index in [0.717, 1.165) is 23.1 Å². The van der Waals surface area contributed by atoms with Crippen molar-refractivity contribution in [2.45, 2.75) is 20.3 Å². The summed E-state index contributed by atoms with van der Waals surface area (Å²) in [5.41, 5.74) is 2.85. The zero-order valence-corrected chi connectivity index (χ0v) is 14.4. The van der Waals surface area contributed by atoms with Crippen LogP contribution < -0.4 is 5.32 Å². The second kappa shape index (κ2) is 8.26. The number of nitrogens with zero attached hydrogens (tertiary/aromatic N) is 1. The van der Waals surface area contributed by atoms with Gasteiger partial charge in [-0.05, 0) is 37.1 Å². The Morgan fingerprint density at radius 2 is 1.77 bits per heavy atom. The van der Waals surface area contributed by atoms with Gasteiger partial charge in [0.1, 0.15) is 0 Å². The molecular weight excluding hydrogens is 304 g/mol. The third kappa shape index (κ3) is 6.55. The van der Waals surface area contributed by atoms with E-state index in [2.05, 4.69) is 5.32 Å². The van der Waals surface area contributed by atoms with Gasteiger partial charge in [-0.2, -0.15) is 4.31 Å². The average Bonchev–Trinajstić information content (AvgIpc) is 2.35. The molecule has 0 aromatic heterocycles. The fourth-order valence-electron chi connectivity index (χ4n) is 2.13. The van der Waals surface area contributed by atoms with Crippen molar-refractivity contribution in [3.05, 3.63) is 29.3 Å². The van der Waals surface area contributed by atoms with E-state index in [4.69, 9.17) is 4.74 Å². The van der Waals surface area contributed by atoms with E-state index in [-0.39, 0.29) is 25.4 Å². The highest BCUT2D eigenvalue weighted by atomic mass is 32.2. The summed E-state index contributed by atoms with van der Waals surface area (Å²) in [5, 5.41) is 2.79. The number of rotatable bonds is 8. The minimum Gasteiger partial charge on any atom is -0.383 e. The number of carbonyl (C=O) groups excluding carboxylic acids is 1. The number of sulfonamides is 1. The van der Waals surface area contributed by atoms with E-state index in [1.165, 1.54) is 11.4 Å². The first kappa shape index (κ1) is 18.6. The predicted molar refractivity (Wildman–Crippen MR) is 87.5 cm³/mol. The Bertz CT molecular complexity index is 594. The number of ether oxygens (including phenoxy) is 1. The summed E-state index contributed by atoms with van der Waals surface area (Å²) in [7, 11) is -1.84. The summed E-state index contributed by atoms with van der Waals surface area (Å²) in [6, 6.07) is 5.78. The van der Waals surface area contributed by atoms with E-state index in [0.29, 0.717) is 6.61 Å². The van der Waals surface area contributed by atoms with Gasteiger partial charge in [0.05, 0.1) is 12.9 Å². The van der Waals surface area contributed by atoms with Crippen molar-refractivity contribution in [2.75, 3.05) is 38.4 Å². The molecule has 0 bridgehead atoms. The van der Waals surface area contributed by atoms with E-state index in [1.807, 2.05) is 32.0 Å². The molecule has 22 heavy (non-hydrogen) atoms. The number of hydrogen-bond acceptors (Lipinski definition) is 4. The van der Waals surface area contributed by atoms with Gasteiger partial charge < -0.3 is 10.1 Å². The van der Waals surface area contributed by atoms with Crippen molar-refractivity contribution < 1.29 is 17.9 Å². The predicted octanol–water partition coefficient (Wildman–Crippen LogP) is 1.54. The van der Waals surface area contributed by atoms with Crippen molar-refractivity contribution in [1.29, 1.82) is 0 Å². The van der Waals surface area contributed by atoms with Crippen LogP contribution in [0.4, 0.5) is 5.69 Å². The third-order valence-electron chi connectivity index (χ3n) is 3.11. The number of amides is 1. The molecule has 1 aromatic rings. The SMILES string of the molecule is COCCN(CCC(=O)Nc1cc(C)cc(C)c1)S(C)(=O)=O. The van der Waals surface area contributed by atoms with E-state index >= 15 is 0 Å². The Labute approximate surface area is 132 Å². The van der Waals surface area contributed by atoms with Crippen molar-refractivity contribution in [1.82, 2.24) is 4.31 Å². The first-order chi connectivity index (χ1) is 10.2. The maximum atomic E-state index is 12.0. The van der Waals surface area contributed by atoms with Crippen LogP contribution in [0.5, 0.6) is 0 Å². The molecule has 1 rings (SSSR count). The van der Waals surface area contributed by atoms with Crippen LogP contribution in [0.2, 0.25) is 0 Å². The highest BCUT2D eigenvalue weighted by molar-refractivity contribution is 7.88. The fraction of sp³-hybridized carbons (Fsp3) is 0.533. The number of carbonyl (C=O) groups is 1. The standard InChI is InChI=1S/C15H24N2O4S/c1-12-9-13(2)11-14(10-12)16-15(18)5-6-17(7-8-21-3)22(4,19)20/h9-11H,5-8H2,1-4H3,(H,16,18). The number of hydrogen-bond donors (Lipinski definition) is 1. The molecule has 0 aliphatic rings. The van der Waals surface area contributed by atoms with Gasteiger partial charge in [0.15, 0.2) is 0 Å². The zero-order chi connectivity index (χ0) is 16.8. The quantitative estimate of drug-likeness (QED) is 0.785. The molecule has 0 unspecified atom stereocenters. The van der Waals surface area contributed by atoms with Crippen LogP contribution in [-0.4, -0.2) is 51.7 Å². The van der Waals surface area contributed by atoms with Crippen LogP contribution in [0.15, 0.2) is 18.2 Å². The lowest BCUT2D eigenvalue weighted by molar-refractivity contribution is -0.116. The monoisotopic (exact) mass is 328 g/mol. The number of benzene rings is 1. The highest BCUT2D eigenvalue weighted by Crippen LogP contribution is 2.14. The Hall–Kier alpha value is -1.44. The van der Waals surface area contributed by atoms with Crippen LogP contribution in [0.3, 0.4) is 0 Å². The van der Waals surface area contributed by atoms with E-state index in [9.17, 15) is 13.2 Å². The smallest absolute Gasteiger partial charge is 0.225 e. The first-order valence-corrected chi connectivity index (χ1v) is 8.89. The lowest BCUT2D eigenvalue weighted by Gasteiger charge is -2.19. The van der Waals surface area contributed by atoms with Crippen LogP contribution in [-0.2, 0) is 19.6 Å². The number of anilines is 1. The molecule has 0 heterocycles. The largest absolute Gasteiger partial charge is 0.383 e. The van der Waals surface area contributed by atoms with Crippen LogP contribution in [0.25, 0.3) is 0 Å². The van der Waals surface area contributed by atoms with Gasteiger partial charge in [-0.25, -0.2) is 8.42 Å². The summed E-state index contributed by atoms with van der Waals surface area (Å²) >= 11 is 0. The van der Waals surface area contributed by atoms with Gasteiger partial charge in [-0.3, -0.25) is 4.79 Å². The number of aryl methyl sites for hydroxylation is 2. The molecule has 1 amide bonds. The van der Waals surface area contributed by atoms with Gasteiger partial charge in [0.25, 0.3) is 0 Å². The molecule has 0 fully saturated rings. The Kier molecular flexibility index (Phi) is 6.99. The second-order valence-electron chi connectivity index (χ2n) is 5.33. The Morgan fingerprint density at radius 3 is 2.27 bits per heavy atom. The number of nitrogens with one attached hydrogen (secondary N) is 1. The van der Waals surface area contributed by atoms with Crippen molar-refractivity contribution >= 4 is 21.6 Å². The van der Waals surface area contributed by atoms with Gasteiger partial charge in [-0.15, -0.1) is 0 Å². The molecule has 0 spiro atoms. The molecule has 0 saturated heterocycles. The molecule has 0 atom stereocenters. The van der Waals surface area contributed by atoms with Gasteiger partial charge in [0.2, 0.25) is 15.9 Å². The molecule has 7 heteroatoms. The molecule has 0 saturated carbocycles. The molecule has 124 valence electrons. The van der Waals surface area contributed by atoms with Crippen molar-refractivity contribution in [3.8, 4) is 0 Å². The minimum atomic E-state index is -3.35. The second-order valence-corrected chi connectivity index (χ2v) is 7.31. The first-order valence-electron chi connectivity index (χ1n) is 7.04. The Balaban J connectivity index is 2.60. The fourth-order valence-corrected chi connectivity index (χ4v) is 2.96. The summed E-state index contributed by atoms with van der Waals surface area (Å²) in [4.78, 5) is 12.0. The lowest BCUT2D eigenvalue weighted by Crippen LogP contribution is -2.35. The molecule has 0 radical (unpaired) electrons. The van der Waals surface area contributed by atoms with Crippen LogP contribution in [0, 0.1) is 13.8 Å². The summed E-state index contributed by atoms with van der Waals surface area (Å²) in [6.45, 7) is 4.59. The molecule has 1 aromatic carbocycles. The van der Waals surface area contributed by atoms with Crippen molar-refractivity contribution in [2.24, 2.45) is 0 Å². The Morgan fingerprint density at radius 1 is 1.18 bits per heavy atom.